The van der Waals surface area contributed by atoms with E-state index in [-0.39, 0.29) is 17.1 Å². The average molecular weight is 315 g/mol. The average Bonchev–Trinajstić information content (AvgIpc) is 2.52. The number of rotatable bonds is 5. The van der Waals surface area contributed by atoms with Crippen molar-refractivity contribution in [2.75, 3.05) is 12.4 Å². The van der Waals surface area contributed by atoms with Crippen molar-refractivity contribution in [1.82, 2.24) is 4.98 Å². The van der Waals surface area contributed by atoms with Gasteiger partial charge in [0.1, 0.15) is 17.8 Å². The molecule has 1 unspecified atom stereocenters. The third-order valence-electron chi connectivity index (χ3n) is 3.54. The molecule has 1 aromatic carbocycles. The summed E-state index contributed by atoms with van der Waals surface area (Å²) in [5, 5.41) is 14.1. The highest BCUT2D eigenvalue weighted by molar-refractivity contribution is 5.44. The number of anilines is 1. The molecule has 1 atom stereocenters. The van der Waals surface area contributed by atoms with E-state index < -0.39 is 4.92 Å². The zero-order valence-corrected chi connectivity index (χ0v) is 13.7. The highest BCUT2D eigenvalue weighted by Crippen LogP contribution is 2.36. The van der Waals surface area contributed by atoms with Gasteiger partial charge in [0.25, 0.3) is 5.69 Å². The molecule has 1 aromatic heterocycles. The van der Waals surface area contributed by atoms with E-state index in [9.17, 15) is 10.1 Å². The van der Waals surface area contributed by atoms with Crippen molar-refractivity contribution in [3.8, 4) is 5.75 Å². The number of hydrogen-bond donors (Lipinski definition) is 1. The number of pyridine rings is 1. The Hall–Kier alpha value is -2.63. The number of nitrogens with one attached hydrogen (secondary N) is 1. The van der Waals surface area contributed by atoms with Crippen molar-refractivity contribution in [3.63, 3.8) is 0 Å². The van der Waals surface area contributed by atoms with Crippen molar-refractivity contribution >= 4 is 11.5 Å². The van der Waals surface area contributed by atoms with Gasteiger partial charge in [0.05, 0.1) is 18.1 Å². The fourth-order valence-corrected chi connectivity index (χ4v) is 2.35. The quantitative estimate of drug-likeness (QED) is 0.661. The molecule has 2 rings (SSSR count). The zero-order chi connectivity index (χ0) is 17.0. The van der Waals surface area contributed by atoms with Gasteiger partial charge in [0.15, 0.2) is 0 Å². The van der Waals surface area contributed by atoms with Crippen molar-refractivity contribution < 1.29 is 9.66 Å². The molecule has 0 radical (unpaired) electrons. The van der Waals surface area contributed by atoms with Crippen molar-refractivity contribution in [3.05, 3.63) is 58.3 Å². The summed E-state index contributed by atoms with van der Waals surface area (Å²) >= 11 is 0. The Balaban J connectivity index is 2.30. The largest absolute Gasteiger partial charge is 0.497 e. The Bertz CT molecular complexity index is 678. The number of ether oxygens (including phenoxy) is 1. The summed E-state index contributed by atoms with van der Waals surface area (Å²) in [5.41, 5.74) is 0.955. The van der Waals surface area contributed by atoms with E-state index in [0.717, 1.165) is 11.3 Å². The molecule has 6 heteroatoms. The fraction of sp³-hybridized carbons (Fsp3) is 0.353. The minimum absolute atomic E-state index is 0.0217. The lowest BCUT2D eigenvalue weighted by Gasteiger charge is -2.32. The molecule has 2 aromatic rings. The molecule has 0 fully saturated rings. The first-order valence-electron chi connectivity index (χ1n) is 7.32. The van der Waals surface area contributed by atoms with Crippen LogP contribution in [0.1, 0.15) is 32.4 Å². The topological polar surface area (TPSA) is 77.3 Å². The summed E-state index contributed by atoms with van der Waals surface area (Å²) in [4.78, 5) is 14.4. The minimum Gasteiger partial charge on any atom is -0.497 e. The van der Waals surface area contributed by atoms with Crippen LogP contribution in [-0.4, -0.2) is 17.0 Å². The number of nitrogens with zero attached hydrogens (tertiary/aromatic N) is 2. The van der Waals surface area contributed by atoms with Crippen molar-refractivity contribution in [1.29, 1.82) is 0 Å². The number of hydrogen-bond acceptors (Lipinski definition) is 5. The SMILES string of the molecule is COc1cccc(C(Nc2ccc([N+](=O)[O-])cn2)C(C)(C)C)c1. The normalized spacial score (nSPS) is 12.5. The van der Waals surface area contributed by atoms with Crippen LogP contribution in [0.15, 0.2) is 42.6 Å². The molecule has 122 valence electrons. The molecule has 0 saturated heterocycles. The molecule has 0 spiro atoms. The zero-order valence-electron chi connectivity index (χ0n) is 13.7. The number of aromatic nitrogens is 1. The number of methoxy groups -OCH3 is 1. The van der Waals surface area contributed by atoms with E-state index in [2.05, 4.69) is 31.1 Å². The van der Waals surface area contributed by atoms with Gasteiger partial charge in [-0.1, -0.05) is 32.9 Å². The van der Waals surface area contributed by atoms with Crippen molar-refractivity contribution in [2.45, 2.75) is 26.8 Å². The highest BCUT2D eigenvalue weighted by Gasteiger charge is 2.27. The van der Waals surface area contributed by atoms with Gasteiger partial charge in [0.2, 0.25) is 0 Å². The van der Waals surface area contributed by atoms with Crippen LogP contribution in [0.25, 0.3) is 0 Å². The number of benzene rings is 1. The molecule has 1 N–H and O–H groups in total. The third kappa shape index (κ3) is 4.18. The monoisotopic (exact) mass is 315 g/mol. The molecule has 0 aliphatic carbocycles. The molecule has 1 heterocycles. The maximum absolute atomic E-state index is 10.7. The molecule has 0 aliphatic rings. The first-order valence-corrected chi connectivity index (χ1v) is 7.32. The van der Waals surface area contributed by atoms with E-state index in [1.54, 1.807) is 13.2 Å². The molecule has 0 saturated carbocycles. The second-order valence-corrected chi connectivity index (χ2v) is 6.38. The highest BCUT2D eigenvalue weighted by atomic mass is 16.6. The first kappa shape index (κ1) is 16.7. The van der Waals surface area contributed by atoms with Crippen LogP contribution in [0.3, 0.4) is 0 Å². The van der Waals surface area contributed by atoms with Crippen LogP contribution >= 0.6 is 0 Å². The maximum Gasteiger partial charge on any atom is 0.287 e. The van der Waals surface area contributed by atoms with Gasteiger partial charge in [-0.05, 0) is 29.2 Å². The summed E-state index contributed by atoms with van der Waals surface area (Å²) < 4.78 is 5.29. The molecule has 0 amide bonds. The van der Waals surface area contributed by atoms with Gasteiger partial charge < -0.3 is 10.1 Å². The lowest BCUT2D eigenvalue weighted by molar-refractivity contribution is -0.385. The van der Waals surface area contributed by atoms with E-state index in [0.29, 0.717) is 5.82 Å². The second kappa shape index (κ2) is 6.64. The maximum atomic E-state index is 10.7. The van der Waals surface area contributed by atoms with Crippen LogP contribution in [0.2, 0.25) is 0 Å². The second-order valence-electron chi connectivity index (χ2n) is 6.38. The molecule has 0 bridgehead atoms. The summed E-state index contributed by atoms with van der Waals surface area (Å²) in [6.07, 6.45) is 1.26. The smallest absolute Gasteiger partial charge is 0.287 e. The van der Waals surface area contributed by atoms with Gasteiger partial charge in [-0.25, -0.2) is 4.98 Å². The molecule has 6 nitrogen and oxygen atoms in total. The fourth-order valence-electron chi connectivity index (χ4n) is 2.35. The van der Waals surface area contributed by atoms with Gasteiger partial charge in [-0.15, -0.1) is 0 Å². The van der Waals surface area contributed by atoms with Gasteiger partial charge >= 0.3 is 0 Å². The Morgan fingerprint density at radius 1 is 1.26 bits per heavy atom. The van der Waals surface area contributed by atoms with Crippen LogP contribution in [0, 0.1) is 15.5 Å². The van der Waals surface area contributed by atoms with E-state index >= 15 is 0 Å². The molecular weight excluding hydrogens is 294 g/mol. The predicted molar refractivity (Wildman–Crippen MR) is 89.7 cm³/mol. The number of nitro groups is 1. The van der Waals surface area contributed by atoms with Crippen LogP contribution < -0.4 is 10.1 Å². The molecular formula is C17H21N3O3. The van der Waals surface area contributed by atoms with Crippen LogP contribution in [-0.2, 0) is 0 Å². The summed E-state index contributed by atoms with van der Waals surface area (Å²) in [6, 6.07) is 10.9. The Morgan fingerprint density at radius 3 is 2.52 bits per heavy atom. The lowest BCUT2D eigenvalue weighted by Crippen LogP contribution is -2.26. The van der Waals surface area contributed by atoms with Crippen LogP contribution in [0.5, 0.6) is 5.75 Å². The van der Waals surface area contributed by atoms with E-state index in [4.69, 9.17) is 4.74 Å². The summed E-state index contributed by atoms with van der Waals surface area (Å²) in [5.74, 6) is 1.38. The Labute approximate surface area is 135 Å². The van der Waals surface area contributed by atoms with E-state index in [1.807, 2.05) is 24.3 Å². The lowest BCUT2D eigenvalue weighted by atomic mass is 9.82. The molecule has 0 aliphatic heterocycles. The first-order chi connectivity index (χ1) is 10.8. The molecule has 23 heavy (non-hydrogen) atoms. The summed E-state index contributed by atoms with van der Waals surface area (Å²) in [6.45, 7) is 6.36. The van der Waals surface area contributed by atoms with E-state index in [1.165, 1.54) is 12.3 Å². The van der Waals surface area contributed by atoms with Gasteiger partial charge in [-0.3, -0.25) is 10.1 Å². The van der Waals surface area contributed by atoms with Gasteiger partial charge in [0, 0.05) is 6.07 Å². The van der Waals surface area contributed by atoms with Crippen molar-refractivity contribution in [2.24, 2.45) is 5.41 Å². The van der Waals surface area contributed by atoms with Gasteiger partial charge in [-0.2, -0.15) is 0 Å². The Kier molecular flexibility index (Phi) is 4.83. The minimum atomic E-state index is -0.458. The summed E-state index contributed by atoms with van der Waals surface area (Å²) in [7, 11) is 1.64. The predicted octanol–water partition coefficient (Wildman–Crippen LogP) is 4.20. The standard InChI is InChI=1S/C17H21N3O3/c1-17(2,3)16(12-6-5-7-14(10-12)23-4)19-15-9-8-13(11-18-15)20(21)22/h5-11,16H,1-4H3,(H,18,19). The third-order valence-corrected chi connectivity index (χ3v) is 3.54. The van der Waals surface area contributed by atoms with Crippen LogP contribution in [0.4, 0.5) is 11.5 Å². The Morgan fingerprint density at radius 2 is 2.00 bits per heavy atom.